The predicted molar refractivity (Wildman–Crippen MR) is 110 cm³/mol. The molecule has 1 heterocycles. The van der Waals surface area contributed by atoms with Gasteiger partial charge in [0.25, 0.3) is 11.7 Å². The molecule has 0 radical (unpaired) electrons. The monoisotopic (exact) mass is 415 g/mol. The lowest BCUT2D eigenvalue weighted by Crippen LogP contribution is -2.32. The van der Waals surface area contributed by atoms with Crippen molar-refractivity contribution in [2.45, 2.75) is 13.0 Å². The van der Waals surface area contributed by atoms with E-state index >= 15 is 0 Å². The highest BCUT2D eigenvalue weighted by Gasteiger charge is 2.45. The third kappa shape index (κ3) is 4.28. The summed E-state index contributed by atoms with van der Waals surface area (Å²) >= 11 is 5.99. The van der Waals surface area contributed by atoms with Gasteiger partial charge in [-0.15, -0.1) is 0 Å². The standard InChI is InChI=1S/C22H22ClNO5/c1-3-29-17-10-6-15(7-11-17)20(25)18-19(14-4-8-16(23)9-5-14)24(12-13-28-2)22(27)21(18)26/h4-11,19,25H,3,12-13H2,1-2H3/t19-/m1/s1. The SMILES string of the molecule is CCOc1ccc(C(O)=C2C(=O)C(=O)N(CCOC)[C@@H]2c2ccc(Cl)cc2)cc1. The predicted octanol–water partition coefficient (Wildman–Crippen LogP) is 3.81. The van der Waals surface area contributed by atoms with Crippen LogP contribution in [0.1, 0.15) is 24.1 Å². The van der Waals surface area contributed by atoms with E-state index < -0.39 is 17.7 Å². The summed E-state index contributed by atoms with van der Waals surface area (Å²) < 4.78 is 10.5. The highest BCUT2D eigenvalue weighted by atomic mass is 35.5. The number of nitrogens with zero attached hydrogens (tertiary/aromatic N) is 1. The molecule has 1 aliphatic rings. The number of benzene rings is 2. The van der Waals surface area contributed by atoms with Crippen LogP contribution in [0.15, 0.2) is 54.1 Å². The number of ketones is 1. The fourth-order valence-electron chi connectivity index (χ4n) is 3.32. The molecule has 0 unspecified atom stereocenters. The van der Waals surface area contributed by atoms with E-state index in [0.717, 1.165) is 0 Å². The lowest BCUT2D eigenvalue weighted by molar-refractivity contribution is -0.140. The molecule has 0 aliphatic carbocycles. The van der Waals surface area contributed by atoms with Gasteiger partial charge in [0.05, 0.1) is 24.8 Å². The Balaban J connectivity index is 2.09. The highest BCUT2D eigenvalue weighted by Crippen LogP contribution is 2.39. The molecule has 29 heavy (non-hydrogen) atoms. The second-order valence-electron chi connectivity index (χ2n) is 6.49. The molecule has 1 atom stereocenters. The number of hydrogen-bond acceptors (Lipinski definition) is 5. The van der Waals surface area contributed by atoms with E-state index in [4.69, 9.17) is 21.1 Å². The molecule has 2 aromatic carbocycles. The number of ether oxygens (including phenoxy) is 2. The van der Waals surface area contributed by atoms with Crippen LogP contribution in [-0.2, 0) is 14.3 Å². The Bertz CT molecular complexity index is 921. The first-order chi connectivity index (χ1) is 14.0. The fourth-order valence-corrected chi connectivity index (χ4v) is 3.45. The molecule has 1 amide bonds. The summed E-state index contributed by atoms with van der Waals surface area (Å²) in [6.07, 6.45) is 0. The summed E-state index contributed by atoms with van der Waals surface area (Å²) in [5.74, 6) is -0.980. The number of halogens is 1. The Labute approximate surface area is 174 Å². The molecular formula is C22H22ClNO5. The normalized spacial score (nSPS) is 18.3. The minimum Gasteiger partial charge on any atom is -0.507 e. The first-order valence-electron chi connectivity index (χ1n) is 9.24. The van der Waals surface area contributed by atoms with Gasteiger partial charge < -0.3 is 19.5 Å². The number of hydrogen-bond donors (Lipinski definition) is 1. The number of rotatable bonds is 7. The summed E-state index contributed by atoms with van der Waals surface area (Å²) in [5, 5.41) is 11.5. The highest BCUT2D eigenvalue weighted by molar-refractivity contribution is 6.46. The molecule has 6 nitrogen and oxygen atoms in total. The lowest BCUT2D eigenvalue weighted by atomic mass is 9.95. The second kappa shape index (κ2) is 9.11. The minimum atomic E-state index is -0.729. The molecule has 1 N–H and O–H groups in total. The van der Waals surface area contributed by atoms with E-state index in [2.05, 4.69) is 0 Å². The zero-order valence-corrected chi connectivity index (χ0v) is 17.0. The zero-order chi connectivity index (χ0) is 21.0. The molecule has 1 saturated heterocycles. The Morgan fingerprint density at radius 3 is 2.34 bits per heavy atom. The van der Waals surface area contributed by atoms with Crippen LogP contribution in [0.25, 0.3) is 5.76 Å². The minimum absolute atomic E-state index is 0.0394. The van der Waals surface area contributed by atoms with Crippen LogP contribution in [0.2, 0.25) is 5.02 Å². The van der Waals surface area contributed by atoms with Crippen LogP contribution in [0.3, 0.4) is 0 Å². The molecule has 0 spiro atoms. The van der Waals surface area contributed by atoms with Gasteiger partial charge in [-0.2, -0.15) is 0 Å². The van der Waals surface area contributed by atoms with Crippen molar-refractivity contribution in [3.8, 4) is 5.75 Å². The van der Waals surface area contributed by atoms with E-state index in [1.807, 2.05) is 6.92 Å². The Morgan fingerprint density at radius 1 is 1.10 bits per heavy atom. The number of Topliss-reactive ketones (excluding diaryl/α,β-unsaturated/α-hetero) is 1. The van der Waals surface area contributed by atoms with Gasteiger partial charge in [0.2, 0.25) is 0 Å². The van der Waals surface area contributed by atoms with E-state index in [9.17, 15) is 14.7 Å². The summed E-state index contributed by atoms with van der Waals surface area (Å²) in [6.45, 7) is 2.88. The van der Waals surface area contributed by atoms with Crippen LogP contribution in [0.5, 0.6) is 5.75 Å². The third-order valence-corrected chi connectivity index (χ3v) is 4.95. The fraction of sp³-hybridized carbons (Fsp3) is 0.273. The van der Waals surface area contributed by atoms with Crippen molar-refractivity contribution in [3.05, 3.63) is 70.3 Å². The second-order valence-corrected chi connectivity index (χ2v) is 6.93. The maximum atomic E-state index is 12.8. The smallest absolute Gasteiger partial charge is 0.295 e. The number of methoxy groups -OCH3 is 1. The zero-order valence-electron chi connectivity index (χ0n) is 16.2. The van der Waals surface area contributed by atoms with Crippen LogP contribution in [0.4, 0.5) is 0 Å². The molecule has 0 bridgehead atoms. The first-order valence-corrected chi connectivity index (χ1v) is 9.61. The van der Waals surface area contributed by atoms with Gasteiger partial charge in [-0.3, -0.25) is 9.59 Å². The Hall–Kier alpha value is -2.83. The van der Waals surface area contributed by atoms with Crippen LogP contribution in [-0.4, -0.2) is 48.6 Å². The molecule has 1 fully saturated rings. The number of amides is 1. The van der Waals surface area contributed by atoms with Crippen molar-refractivity contribution in [1.82, 2.24) is 4.90 Å². The molecule has 152 valence electrons. The van der Waals surface area contributed by atoms with Crippen molar-refractivity contribution in [2.75, 3.05) is 26.9 Å². The van der Waals surface area contributed by atoms with E-state index in [1.54, 1.807) is 48.5 Å². The molecular weight excluding hydrogens is 394 g/mol. The molecule has 1 aliphatic heterocycles. The van der Waals surface area contributed by atoms with Gasteiger partial charge in [0.15, 0.2) is 0 Å². The number of carbonyl (C=O) groups is 2. The van der Waals surface area contributed by atoms with Gasteiger partial charge in [-0.25, -0.2) is 0 Å². The molecule has 0 aromatic heterocycles. The van der Waals surface area contributed by atoms with Crippen molar-refractivity contribution in [2.24, 2.45) is 0 Å². The summed E-state index contributed by atoms with van der Waals surface area (Å²) in [5.41, 5.74) is 1.15. The Kier molecular flexibility index (Phi) is 6.56. The average molecular weight is 416 g/mol. The largest absolute Gasteiger partial charge is 0.507 e. The summed E-state index contributed by atoms with van der Waals surface area (Å²) in [6, 6.07) is 12.8. The van der Waals surface area contributed by atoms with Gasteiger partial charge in [0.1, 0.15) is 11.5 Å². The topological polar surface area (TPSA) is 76.1 Å². The van der Waals surface area contributed by atoms with Crippen LogP contribution < -0.4 is 4.74 Å². The first kappa shape index (κ1) is 20.9. The Morgan fingerprint density at radius 2 is 1.76 bits per heavy atom. The number of aliphatic hydroxyl groups is 1. The maximum Gasteiger partial charge on any atom is 0.295 e. The van der Waals surface area contributed by atoms with E-state index in [1.165, 1.54) is 12.0 Å². The van der Waals surface area contributed by atoms with Crippen molar-refractivity contribution in [3.63, 3.8) is 0 Å². The van der Waals surface area contributed by atoms with Gasteiger partial charge in [-0.05, 0) is 48.9 Å². The third-order valence-electron chi connectivity index (χ3n) is 4.70. The number of likely N-dealkylation sites (tertiary alicyclic amines) is 1. The molecule has 3 rings (SSSR count). The lowest BCUT2D eigenvalue weighted by Gasteiger charge is -2.25. The maximum absolute atomic E-state index is 12.8. The number of carbonyl (C=O) groups excluding carboxylic acids is 2. The quantitative estimate of drug-likeness (QED) is 0.423. The average Bonchev–Trinajstić information content (AvgIpc) is 2.98. The van der Waals surface area contributed by atoms with E-state index in [0.29, 0.717) is 28.5 Å². The van der Waals surface area contributed by atoms with E-state index in [-0.39, 0.29) is 24.5 Å². The van der Waals surface area contributed by atoms with Crippen molar-refractivity contribution in [1.29, 1.82) is 0 Å². The summed E-state index contributed by atoms with van der Waals surface area (Å²) in [4.78, 5) is 26.9. The van der Waals surface area contributed by atoms with Gasteiger partial charge in [-0.1, -0.05) is 23.7 Å². The van der Waals surface area contributed by atoms with Gasteiger partial charge in [0, 0.05) is 24.2 Å². The summed E-state index contributed by atoms with van der Waals surface area (Å²) in [7, 11) is 1.52. The van der Waals surface area contributed by atoms with Crippen LogP contribution >= 0.6 is 11.6 Å². The van der Waals surface area contributed by atoms with Crippen molar-refractivity contribution >= 4 is 29.1 Å². The molecule has 7 heteroatoms. The van der Waals surface area contributed by atoms with Crippen LogP contribution in [0, 0.1) is 0 Å². The molecule has 2 aromatic rings. The van der Waals surface area contributed by atoms with Crippen molar-refractivity contribution < 1.29 is 24.2 Å². The van der Waals surface area contributed by atoms with Gasteiger partial charge >= 0.3 is 0 Å². The number of aliphatic hydroxyl groups excluding tert-OH is 1. The molecule has 0 saturated carbocycles.